The van der Waals surface area contributed by atoms with Gasteiger partial charge in [0.2, 0.25) is 0 Å². The molecule has 1 atom stereocenters. The Morgan fingerprint density at radius 2 is 2.11 bits per heavy atom. The second-order valence-electron chi connectivity index (χ2n) is 7.03. The van der Waals surface area contributed by atoms with Gasteiger partial charge in [0.15, 0.2) is 5.96 Å². The molecule has 2 aromatic rings. The molecule has 0 aliphatic carbocycles. The lowest BCUT2D eigenvalue weighted by atomic mass is 9.90. The third-order valence-corrected chi connectivity index (χ3v) is 4.31. The average Bonchev–Trinajstić information content (AvgIpc) is 3.12. The van der Waals surface area contributed by atoms with Crippen LogP contribution in [0.15, 0.2) is 64.7 Å². The van der Waals surface area contributed by atoms with Crippen LogP contribution in [-0.2, 0) is 6.42 Å². The summed E-state index contributed by atoms with van der Waals surface area (Å²) in [6, 6.07) is 12.2. The van der Waals surface area contributed by atoms with Gasteiger partial charge in [-0.15, -0.1) is 30.6 Å². The molecular formula is C21H28IN3O2. The summed E-state index contributed by atoms with van der Waals surface area (Å²) < 4.78 is 11.5. The zero-order valence-corrected chi connectivity index (χ0v) is 18.2. The molecule has 27 heavy (non-hydrogen) atoms. The van der Waals surface area contributed by atoms with Crippen molar-refractivity contribution in [3.8, 4) is 5.75 Å². The van der Waals surface area contributed by atoms with Crippen LogP contribution in [0, 0.1) is 0 Å². The molecule has 0 bridgehead atoms. The van der Waals surface area contributed by atoms with Crippen molar-refractivity contribution in [2.75, 3.05) is 13.1 Å². The topological polar surface area (TPSA) is 58.8 Å². The average molecular weight is 481 g/mol. The minimum absolute atomic E-state index is 0. The number of guanidine groups is 1. The second kappa shape index (κ2) is 9.82. The lowest BCUT2D eigenvalue weighted by Gasteiger charge is -2.38. The highest BCUT2D eigenvalue weighted by Crippen LogP contribution is 2.39. The first-order valence-corrected chi connectivity index (χ1v) is 9.03. The van der Waals surface area contributed by atoms with E-state index in [0.717, 1.165) is 35.9 Å². The number of hydrogen-bond donors (Lipinski definition) is 2. The first-order chi connectivity index (χ1) is 12.6. The van der Waals surface area contributed by atoms with E-state index in [0.29, 0.717) is 13.1 Å². The number of para-hydroxylation sites is 1. The predicted octanol–water partition coefficient (Wildman–Crippen LogP) is 4.46. The Morgan fingerprint density at radius 3 is 2.85 bits per heavy atom. The Balaban J connectivity index is 0.00000261. The van der Waals surface area contributed by atoms with E-state index in [9.17, 15) is 0 Å². The van der Waals surface area contributed by atoms with Crippen LogP contribution in [0.3, 0.4) is 0 Å². The van der Waals surface area contributed by atoms with E-state index < -0.39 is 0 Å². The zero-order valence-electron chi connectivity index (χ0n) is 15.9. The SMILES string of the molecule is C=CCNC(=NCCc1ccco1)NC1CC(C)(C)Oc2ccccc21.I. The quantitative estimate of drug-likeness (QED) is 0.277. The highest BCUT2D eigenvalue weighted by Gasteiger charge is 2.33. The third-order valence-electron chi connectivity index (χ3n) is 4.31. The van der Waals surface area contributed by atoms with E-state index in [2.05, 4.69) is 37.1 Å². The van der Waals surface area contributed by atoms with Gasteiger partial charge < -0.3 is 19.8 Å². The van der Waals surface area contributed by atoms with Crippen LogP contribution in [0.2, 0.25) is 0 Å². The molecule has 3 rings (SSSR count). The number of nitrogens with zero attached hydrogens (tertiary/aromatic N) is 1. The fraction of sp³-hybridized carbons (Fsp3) is 0.381. The molecule has 146 valence electrons. The van der Waals surface area contributed by atoms with Crippen molar-refractivity contribution in [3.63, 3.8) is 0 Å². The summed E-state index contributed by atoms with van der Waals surface area (Å²) >= 11 is 0. The molecule has 6 heteroatoms. The molecule has 0 spiro atoms. The van der Waals surface area contributed by atoms with Gasteiger partial charge in [0.25, 0.3) is 0 Å². The van der Waals surface area contributed by atoms with Crippen LogP contribution in [0.4, 0.5) is 0 Å². The molecule has 0 saturated heterocycles. The maximum Gasteiger partial charge on any atom is 0.192 e. The maximum atomic E-state index is 6.11. The number of rotatable bonds is 6. The maximum absolute atomic E-state index is 6.11. The standard InChI is InChI=1S/C21H27N3O2.HI/c1-4-12-22-20(23-13-11-16-8-7-14-25-16)24-18-15-21(2,3)26-19-10-6-5-9-17(18)19;/h4-10,14,18H,1,11-13,15H2,2-3H3,(H2,22,23,24);1H. The third kappa shape index (κ3) is 6.02. The summed E-state index contributed by atoms with van der Waals surface area (Å²) in [7, 11) is 0. The van der Waals surface area contributed by atoms with Crippen molar-refractivity contribution in [1.29, 1.82) is 0 Å². The van der Waals surface area contributed by atoms with Crippen LogP contribution < -0.4 is 15.4 Å². The molecule has 0 amide bonds. The van der Waals surface area contributed by atoms with Crippen molar-refractivity contribution >= 4 is 29.9 Å². The zero-order chi connectivity index (χ0) is 18.4. The molecule has 0 fully saturated rings. The Kier molecular flexibility index (Phi) is 7.77. The first-order valence-electron chi connectivity index (χ1n) is 9.03. The van der Waals surface area contributed by atoms with Crippen molar-refractivity contribution < 1.29 is 9.15 Å². The number of aliphatic imine (C=N–C) groups is 1. The Labute approximate surface area is 178 Å². The van der Waals surface area contributed by atoms with Gasteiger partial charge in [-0.3, -0.25) is 4.99 Å². The van der Waals surface area contributed by atoms with Crippen LogP contribution in [0.1, 0.15) is 37.6 Å². The summed E-state index contributed by atoms with van der Waals surface area (Å²) in [5, 5.41) is 6.87. The summed E-state index contributed by atoms with van der Waals surface area (Å²) in [6.45, 7) is 9.31. The van der Waals surface area contributed by atoms with Gasteiger partial charge in [-0.1, -0.05) is 24.3 Å². The molecule has 1 aromatic heterocycles. The number of ether oxygens (including phenoxy) is 1. The first kappa shape index (κ1) is 21.3. The summed E-state index contributed by atoms with van der Waals surface area (Å²) in [6.07, 6.45) is 5.14. The molecule has 1 aromatic carbocycles. The summed E-state index contributed by atoms with van der Waals surface area (Å²) in [4.78, 5) is 4.70. The minimum atomic E-state index is -0.232. The summed E-state index contributed by atoms with van der Waals surface area (Å²) in [5.41, 5.74) is 0.926. The molecule has 0 saturated carbocycles. The van der Waals surface area contributed by atoms with Gasteiger partial charge in [0.1, 0.15) is 17.1 Å². The van der Waals surface area contributed by atoms with Crippen molar-refractivity contribution in [1.82, 2.24) is 10.6 Å². The fourth-order valence-corrected chi connectivity index (χ4v) is 3.15. The smallest absolute Gasteiger partial charge is 0.192 e. The van der Waals surface area contributed by atoms with Gasteiger partial charge in [-0.05, 0) is 32.0 Å². The number of benzene rings is 1. The molecule has 0 radical (unpaired) electrons. The van der Waals surface area contributed by atoms with Crippen LogP contribution >= 0.6 is 24.0 Å². The second-order valence-corrected chi connectivity index (χ2v) is 7.03. The largest absolute Gasteiger partial charge is 0.487 e. The van der Waals surface area contributed by atoms with E-state index in [1.807, 2.05) is 36.4 Å². The molecule has 1 aliphatic rings. The van der Waals surface area contributed by atoms with Gasteiger partial charge in [0, 0.05) is 31.5 Å². The lowest BCUT2D eigenvalue weighted by Crippen LogP contribution is -2.45. The molecule has 2 N–H and O–H groups in total. The van der Waals surface area contributed by atoms with E-state index >= 15 is 0 Å². The van der Waals surface area contributed by atoms with Crippen molar-refractivity contribution in [3.05, 3.63) is 66.6 Å². The van der Waals surface area contributed by atoms with Gasteiger partial charge in [-0.25, -0.2) is 0 Å². The van der Waals surface area contributed by atoms with Gasteiger partial charge >= 0.3 is 0 Å². The normalized spacial score (nSPS) is 17.9. The molecule has 5 nitrogen and oxygen atoms in total. The van der Waals surface area contributed by atoms with Crippen molar-refractivity contribution in [2.45, 2.75) is 38.3 Å². The molecule has 1 unspecified atom stereocenters. The monoisotopic (exact) mass is 481 g/mol. The van der Waals surface area contributed by atoms with E-state index in [1.165, 1.54) is 0 Å². The van der Waals surface area contributed by atoms with Gasteiger partial charge in [-0.2, -0.15) is 0 Å². The van der Waals surface area contributed by atoms with E-state index in [4.69, 9.17) is 14.1 Å². The number of furan rings is 1. The van der Waals surface area contributed by atoms with E-state index in [-0.39, 0.29) is 35.6 Å². The highest BCUT2D eigenvalue weighted by molar-refractivity contribution is 14.0. The Bertz CT molecular complexity index is 757. The lowest BCUT2D eigenvalue weighted by molar-refractivity contribution is 0.0694. The number of nitrogens with one attached hydrogen (secondary N) is 2. The van der Waals surface area contributed by atoms with Gasteiger partial charge in [0.05, 0.1) is 12.3 Å². The minimum Gasteiger partial charge on any atom is -0.487 e. The number of hydrogen-bond acceptors (Lipinski definition) is 3. The highest BCUT2D eigenvalue weighted by atomic mass is 127. The Morgan fingerprint density at radius 1 is 1.30 bits per heavy atom. The predicted molar refractivity (Wildman–Crippen MR) is 120 cm³/mol. The van der Waals surface area contributed by atoms with Crippen LogP contribution in [0.5, 0.6) is 5.75 Å². The Hall–Kier alpha value is -1.96. The summed E-state index contributed by atoms with van der Waals surface area (Å²) in [5.74, 6) is 2.64. The molecular weight excluding hydrogens is 453 g/mol. The molecule has 1 aliphatic heterocycles. The fourth-order valence-electron chi connectivity index (χ4n) is 3.15. The number of halogens is 1. The number of fused-ring (bicyclic) bond motifs is 1. The van der Waals surface area contributed by atoms with Crippen LogP contribution in [0.25, 0.3) is 0 Å². The van der Waals surface area contributed by atoms with Crippen LogP contribution in [-0.4, -0.2) is 24.7 Å². The molecule has 2 heterocycles. The van der Waals surface area contributed by atoms with E-state index in [1.54, 1.807) is 6.26 Å². The van der Waals surface area contributed by atoms with Crippen molar-refractivity contribution in [2.24, 2.45) is 4.99 Å².